The molecule has 1 aliphatic heterocycles. The second-order valence-electron chi connectivity index (χ2n) is 9.55. The Labute approximate surface area is 129 Å². The molecule has 1 heterocycles. The fourth-order valence-electron chi connectivity index (χ4n) is 6.97. The summed E-state index contributed by atoms with van der Waals surface area (Å²) in [5.41, 5.74) is 1.62. The van der Waals surface area contributed by atoms with Gasteiger partial charge in [-0.2, -0.15) is 0 Å². The van der Waals surface area contributed by atoms with Gasteiger partial charge in [0, 0.05) is 25.2 Å². The van der Waals surface area contributed by atoms with Gasteiger partial charge in [-0.3, -0.25) is 0 Å². The van der Waals surface area contributed by atoms with Crippen LogP contribution < -0.4 is 5.32 Å². The van der Waals surface area contributed by atoms with Crippen LogP contribution in [-0.4, -0.2) is 49.8 Å². The molecular weight excluding hydrogens is 260 g/mol. The molecule has 1 N–H and O–H groups in total. The molecule has 120 valence electrons. The Morgan fingerprint density at radius 1 is 1.10 bits per heavy atom. The number of nitrogens with zero attached hydrogens (tertiary/aromatic N) is 1. The molecule has 0 aromatic carbocycles. The fourth-order valence-corrected chi connectivity index (χ4v) is 6.97. The van der Waals surface area contributed by atoms with Crippen LogP contribution in [0.15, 0.2) is 0 Å². The summed E-state index contributed by atoms with van der Waals surface area (Å²) in [6.07, 6.45) is 9.02. The molecule has 3 unspecified atom stereocenters. The molecule has 4 bridgehead atoms. The van der Waals surface area contributed by atoms with Crippen LogP contribution in [0.25, 0.3) is 0 Å². The second kappa shape index (κ2) is 4.69. The highest BCUT2D eigenvalue weighted by Gasteiger charge is 2.59. The van der Waals surface area contributed by atoms with E-state index < -0.39 is 0 Å². The summed E-state index contributed by atoms with van der Waals surface area (Å²) < 4.78 is 5.96. The Balaban J connectivity index is 1.45. The zero-order valence-corrected chi connectivity index (χ0v) is 14.1. The maximum absolute atomic E-state index is 5.96. The van der Waals surface area contributed by atoms with E-state index in [-0.39, 0.29) is 0 Å². The molecule has 5 fully saturated rings. The lowest BCUT2D eigenvalue weighted by atomic mass is 9.43. The summed E-state index contributed by atoms with van der Waals surface area (Å²) in [6, 6.07) is 0. The Bertz CT molecular complexity index is 405. The lowest BCUT2D eigenvalue weighted by Crippen LogP contribution is -2.65. The Kier molecular flexibility index (Phi) is 3.23. The molecule has 4 aliphatic carbocycles. The van der Waals surface area contributed by atoms with Crippen molar-refractivity contribution in [1.82, 2.24) is 10.2 Å². The molecule has 3 atom stereocenters. The zero-order chi connectivity index (χ0) is 14.7. The van der Waals surface area contributed by atoms with E-state index in [2.05, 4.69) is 31.1 Å². The molecule has 0 amide bonds. The monoisotopic (exact) mass is 292 g/mol. The first-order valence-electron chi connectivity index (χ1n) is 8.93. The van der Waals surface area contributed by atoms with E-state index in [0.717, 1.165) is 32.2 Å². The standard InChI is InChI=1S/C18H32N2O/c1-16-6-14-7-17(2,11-16)13-18(8-14,12-16)19-9-15-10-20(3)4-5-21-15/h14-15,19H,4-13H2,1-3H3. The van der Waals surface area contributed by atoms with Gasteiger partial charge in [0.25, 0.3) is 0 Å². The maximum Gasteiger partial charge on any atom is 0.0826 e. The van der Waals surface area contributed by atoms with E-state index in [0.29, 0.717) is 22.5 Å². The van der Waals surface area contributed by atoms with E-state index >= 15 is 0 Å². The van der Waals surface area contributed by atoms with Crippen LogP contribution in [0.1, 0.15) is 52.4 Å². The average Bonchev–Trinajstić information content (AvgIpc) is 2.32. The Hall–Kier alpha value is -0.120. The molecular formula is C18H32N2O. The highest BCUT2D eigenvalue weighted by Crippen LogP contribution is 2.66. The van der Waals surface area contributed by atoms with Crippen LogP contribution in [0.3, 0.4) is 0 Å². The molecule has 4 saturated carbocycles. The molecule has 1 saturated heterocycles. The number of morpholine rings is 1. The first kappa shape index (κ1) is 14.5. The zero-order valence-electron chi connectivity index (χ0n) is 14.1. The van der Waals surface area contributed by atoms with Gasteiger partial charge in [0.15, 0.2) is 0 Å². The minimum Gasteiger partial charge on any atom is -0.374 e. The van der Waals surface area contributed by atoms with Gasteiger partial charge in [-0.25, -0.2) is 0 Å². The fraction of sp³-hybridized carbons (Fsp3) is 1.00. The van der Waals surface area contributed by atoms with Gasteiger partial charge >= 0.3 is 0 Å². The van der Waals surface area contributed by atoms with Gasteiger partial charge in [-0.1, -0.05) is 13.8 Å². The predicted octanol–water partition coefficient (Wildman–Crippen LogP) is 2.66. The van der Waals surface area contributed by atoms with Crippen LogP contribution in [-0.2, 0) is 4.74 Å². The molecule has 21 heavy (non-hydrogen) atoms. The summed E-state index contributed by atoms with van der Waals surface area (Å²) in [4.78, 5) is 2.40. The van der Waals surface area contributed by atoms with Crippen LogP contribution in [0.4, 0.5) is 0 Å². The number of likely N-dealkylation sites (N-methyl/N-ethyl adjacent to an activating group) is 1. The van der Waals surface area contributed by atoms with Crippen molar-refractivity contribution in [2.45, 2.75) is 64.0 Å². The van der Waals surface area contributed by atoms with Gasteiger partial charge in [0.05, 0.1) is 12.7 Å². The number of ether oxygens (including phenoxy) is 1. The van der Waals surface area contributed by atoms with Crippen molar-refractivity contribution in [3.05, 3.63) is 0 Å². The van der Waals surface area contributed by atoms with Crippen molar-refractivity contribution in [2.75, 3.05) is 33.3 Å². The predicted molar refractivity (Wildman–Crippen MR) is 85.4 cm³/mol. The molecule has 3 heteroatoms. The van der Waals surface area contributed by atoms with Crippen molar-refractivity contribution in [2.24, 2.45) is 16.7 Å². The highest BCUT2D eigenvalue weighted by atomic mass is 16.5. The molecule has 0 aromatic rings. The van der Waals surface area contributed by atoms with Crippen LogP contribution in [0.5, 0.6) is 0 Å². The van der Waals surface area contributed by atoms with Crippen molar-refractivity contribution in [3.8, 4) is 0 Å². The van der Waals surface area contributed by atoms with Gasteiger partial charge in [0.2, 0.25) is 0 Å². The Morgan fingerprint density at radius 2 is 1.81 bits per heavy atom. The molecule has 0 aromatic heterocycles. The summed E-state index contributed by atoms with van der Waals surface area (Å²) in [6.45, 7) is 9.21. The summed E-state index contributed by atoms with van der Waals surface area (Å²) in [7, 11) is 2.21. The van der Waals surface area contributed by atoms with Gasteiger partial charge < -0.3 is 15.0 Å². The van der Waals surface area contributed by atoms with E-state index in [1.807, 2.05) is 0 Å². The van der Waals surface area contributed by atoms with Crippen LogP contribution in [0.2, 0.25) is 0 Å². The van der Waals surface area contributed by atoms with Gasteiger partial charge in [0.1, 0.15) is 0 Å². The van der Waals surface area contributed by atoms with E-state index in [1.165, 1.54) is 38.5 Å². The summed E-state index contributed by atoms with van der Waals surface area (Å²) in [5, 5.41) is 4.02. The van der Waals surface area contributed by atoms with E-state index in [9.17, 15) is 0 Å². The molecule has 5 aliphatic rings. The van der Waals surface area contributed by atoms with E-state index in [4.69, 9.17) is 4.74 Å². The van der Waals surface area contributed by atoms with Crippen LogP contribution in [0, 0.1) is 16.7 Å². The minimum absolute atomic E-state index is 0.386. The molecule has 0 radical (unpaired) electrons. The van der Waals surface area contributed by atoms with Crippen LogP contribution >= 0.6 is 0 Å². The molecule has 0 spiro atoms. The quantitative estimate of drug-likeness (QED) is 0.865. The topological polar surface area (TPSA) is 24.5 Å². The third-order valence-corrected chi connectivity index (χ3v) is 6.67. The van der Waals surface area contributed by atoms with Gasteiger partial charge in [-0.05, 0) is 62.3 Å². The molecule has 3 nitrogen and oxygen atoms in total. The number of hydrogen-bond donors (Lipinski definition) is 1. The van der Waals surface area contributed by atoms with Crippen molar-refractivity contribution in [3.63, 3.8) is 0 Å². The number of rotatable bonds is 3. The minimum atomic E-state index is 0.386. The normalized spacial score (nSPS) is 53.3. The summed E-state index contributed by atoms with van der Waals surface area (Å²) in [5.74, 6) is 0.971. The van der Waals surface area contributed by atoms with Crippen molar-refractivity contribution < 1.29 is 4.74 Å². The lowest BCUT2D eigenvalue weighted by molar-refractivity contribution is -0.122. The smallest absolute Gasteiger partial charge is 0.0826 e. The number of hydrogen-bond acceptors (Lipinski definition) is 3. The first-order valence-corrected chi connectivity index (χ1v) is 8.93. The third kappa shape index (κ3) is 2.66. The Morgan fingerprint density at radius 3 is 2.43 bits per heavy atom. The highest BCUT2D eigenvalue weighted by molar-refractivity contribution is 5.14. The van der Waals surface area contributed by atoms with E-state index in [1.54, 1.807) is 0 Å². The van der Waals surface area contributed by atoms with Crippen molar-refractivity contribution >= 4 is 0 Å². The lowest BCUT2D eigenvalue weighted by Gasteiger charge is -2.65. The number of nitrogens with one attached hydrogen (secondary N) is 1. The largest absolute Gasteiger partial charge is 0.374 e. The third-order valence-electron chi connectivity index (χ3n) is 6.67. The average molecular weight is 292 g/mol. The van der Waals surface area contributed by atoms with Crippen molar-refractivity contribution in [1.29, 1.82) is 0 Å². The first-order chi connectivity index (χ1) is 9.88. The maximum atomic E-state index is 5.96. The molecule has 5 rings (SSSR count). The summed E-state index contributed by atoms with van der Waals surface area (Å²) >= 11 is 0. The second-order valence-corrected chi connectivity index (χ2v) is 9.55. The SMILES string of the molecule is CN1CCOC(CNC23CC4CC(C)(CC(C)(C4)C2)C3)C1. The van der Waals surface area contributed by atoms with Gasteiger partial charge in [-0.15, -0.1) is 0 Å².